The van der Waals surface area contributed by atoms with E-state index in [0.29, 0.717) is 12.8 Å². The average Bonchev–Trinajstić information content (AvgIpc) is 2.35. The van der Waals surface area contributed by atoms with Gasteiger partial charge in [-0.2, -0.15) is 0 Å². The zero-order chi connectivity index (χ0) is 14.7. The first-order chi connectivity index (χ1) is 8.78. The molecule has 5 nitrogen and oxygen atoms in total. The van der Waals surface area contributed by atoms with Crippen molar-refractivity contribution < 1.29 is 22.2 Å². The Bertz CT molecular complexity index is 374. The number of halogens is 1. The average molecular weight is 400 g/mol. The molecule has 0 bridgehead atoms. The van der Waals surface area contributed by atoms with E-state index in [0.717, 1.165) is 12.2 Å². The van der Waals surface area contributed by atoms with Gasteiger partial charge < -0.3 is 17.6 Å². The third-order valence-electron chi connectivity index (χ3n) is 3.62. The zero-order valence-corrected chi connectivity index (χ0v) is 14.1. The van der Waals surface area contributed by atoms with Crippen LogP contribution < -0.4 is 0 Å². The van der Waals surface area contributed by atoms with Gasteiger partial charge in [-0.05, 0) is 24.8 Å². The lowest BCUT2D eigenvalue weighted by Crippen LogP contribution is -2.53. The summed E-state index contributed by atoms with van der Waals surface area (Å²) >= 11 is 1.80. The first-order valence-corrected chi connectivity index (χ1v) is 8.80. The zero-order valence-electron chi connectivity index (χ0n) is 11.0. The third kappa shape index (κ3) is 4.54. The van der Waals surface area contributed by atoms with Crippen molar-refractivity contribution in [2.45, 2.75) is 50.8 Å². The SMILES string of the molecule is [B]C1O[C@@](/C=C/P(=O)(O)O)(CC)[C@@H](OI)C[C@H]1CC. The molecule has 1 rings (SSSR count). The highest BCUT2D eigenvalue weighted by molar-refractivity contribution is 14.1. The van der Waals surface area contributed by atoms with Crippen LogP contribution in [0, 0.1) is 5.92 Å². The van der Waals surface area contributed by atoms with Crippen LogP contribution in [-0.2, 0) is 12.4 Å². The van der Waals surface area contributed by atoms with E-state index >= 15 is 0 Å². The maximum Gasteiger partial charge on any atom is 0.348 e. The second kappa shape index (κ2) is 7.05. The molecule has 0 saturated carbocycles. The van der Waals surface area contributed by atoms with Gasteiger partial charge in [-0.15, -0.1) is 0 Å². The largest absolute Gasteiger partial charge is 0.374 e. The van der Waals surface area contributed by atoms with Crippen molar-refractivity contribution in [3.05, 3.63) is 11.9 Å². The maximum absolute atomic E-state index is 11.0. The van der Waals surface area contributed by atoms with E-state index in [1.165, 1.54) is 6.08 Å². The minimum absolute atomic E-state index is 0.183. The number of ether oxygens (including phenoxy) is 1. The summed E-state index contributed by atoms with van der Waals surface area (Å²) in [5.41, 5.74) is -0.882. The second-order valence-corrected chi connectivity index (χ2v) is 6.76. The lowest BCUT2D eigenvalue weighted by atomic mass is 9.74. The molecule has 2 radical (unpaired) electrons. The summed E-state index contributed by atoms with van der Waals surface area (Å²) in [5.74, 6) is 1.06. The molecule has 0 aromatic rings. The van der Waals surface area contributed by atoms with Gasteiger partial charge in [-0.3, -0.25) is 4.57 Å². The van der Waals surface area contributed by atoms with Crippen molar-refractivity contribution in [2.75, 3.05) is 0 Å². The second-order valence-electron chi connectivity index (χ2n) is 4.78. The van der Waals surface area contributed by atoms with Gasteiger partial charge in [0.1, 0.15) is 42.6 Å². The summed E-state index contributed by atoms with van der Waals surface area (Å²) in [4.78, 5) is 18.0. The van der Waals surface area contributed by atoms with Gasteiger partial charge in [0.15, 0.2) is 0 Å². The summed E-state index contributed by atoms with van der Waals surface area (Å²) in [6, 6.07) is -0.450. The molecule has 1 unspecified atom stereocenters. The van der Waals surface area contributed by atoms with Crippen molar-refractivity contribution >= 4 is 38.4 Å². The molecule has 1 aliphatic heterocycles. The van der Waals surface area contributed by atoms with Gasteiger partial charge in [-0.1, -0.05) is 20.3 Å². The van der Waals surface area contributed by atoms with Crippen LogP contribution in [0.15, 0.2) is 11.9 Å². The molecule has 2 N–H and O–H groups in total. The Kier molecular flexibility index (Phi) is 6.55. The van der Waals surface area contributed by atoms with E-state index < -0.39 is 19.2 Å². The van der Waals surface area contributed by atoms with E-state index in [4.69, 9.17) is 25.4 Å². The molecule has 0 aromatic carbocycles. The molecule has 1 fully saturated rings. The highest BCUT2D eigenvalue weighted by Gasteiger charge is 2.45. The molecule has 0 spiro atoms. The molecule has 108 valence electrons. The molecule has 8 heteroatoms. The molecule has 4 atom stereocenters. The number of hydrogen-bond donors (Lipinski definition) is 2. The molecule has 0 aromatic heterocycles. The molecule has 19 heavy (non-hydrogen) atoms. The van der Waals surface area contributed by atoms with Crippen LogP contribution in [0.4, 0.5) is 0 Å². The van der Waals surface area contributed by atoms with Crippen LogP contribution >= 0.6 is 30.6 Å². The van der Waals surface area contributed by atoms with Crippen LogP contribution in [0.5, 0.6) is 0 Å². The molecular formula is C11H19BIO5P. The van der Waals surface area contributed by atoms with Crippen LogP contribution in [-0.4, -0.2) is 35.3 Å². The molecule has 1 saturated heterocycles. The summed E-state index contributed by atoms with van der Waals surface area (Å²) in [5, 5.41) is 0. The maximum atomic E-state index is 11.0. The van der Waals surface area contributed by atoms with E-state index in [1.807, 2.05) is 13.8 Å². The van der Waals surface area contributed by atoms with Crippen molar-refractivity contribution in [3.63, 3.8) is 0 Å². The fourth-order valence-electron chi connectivity index (χ4n) is 2.34. The Hall–Kier alpha value is 0.605. The van der Waals surface area contributed by atoms with Gasteiger partial charge in [0.2, 0.25) is 0 Å². The summed E-state index contributed by atoms with van der Waals surface area (Å²) in [6.45, 7) is 3.91. The monoisotopic (exact) mass is 400 g/mol. The molecule has 0 amide bonds. The van der Waals surface area contributed by atoms with Crippen LogP contribution in [0.25, 0.3) is 0 Å². The minimum Gasteiger partial charge on any atom is -0.374 e. The predicted octanol–water partition coefficient (Wildman–Crippen LogP) is 2.50. The van der Waals surface area contributed by atoms with Crippen molar-refractivity contribution in [1.82, 2.24) is 0 Å². The normalized spacial score (nSPS) is 36.8. The molecule has 1 heterocycles. The highest BCUT2D eigenvalue weighted by Crippen LogP contribution is 2.43. The van der Waals surface area contributed by atoms with Gasteiger partial charge in [0.25, 0.3) is 0 Å². The fraction of sp³-hybridized carbons (Fsp3) is 0.818. The van der Waals surface area contributed by atoms with Crippen molar-refractivity contribution in [1.29, 1.82) is 0 Å². The Labute approximate surface area is 129 Å². The summed E-state index contributed by atoms with van der Waals surface area (Å²) < 4.78 is 22.3. The van der Waals surface area contributed by atoms with E-state index in [2.05, 4.69) is 0 Å². The summed E-state index contributed by atoms with van der Waals surface area (Å²) in [6.07, 6.45) is 3.25. The van der Waals surface area contributed by atoms with E-state index in [1.54, 1.807) is 23.0 Å². The smallest absolute Gasteiger partial charge is 0.348 e. The fourth-order valence-corrected chi connectivity index (χ4v) is 3.43. The Morgan fingerprint density at radius 1 is 1.58 bits per heavy atom. The van der Waals surface area contributed by atoms with Crippen LogP contribution in [0.2, 0.25) is 0 Å². The number of hydrogen-bond acceptors (Lipinski definition) is 3. The first kappa shape index (κ1) is 17.7. The lowest BCUT2D eigenvalue weighted by Gasteiger charge is -2.46. The predicted molar refractivity (Wildman–Crippen MR) is 82.1 cm³/mol. The quantitative estimate of drug-likeness (QED) is 0.422. The topological polar surface area (TPSA) is 76.0 Å². The summed E-state index contributed by atoms with van der Waals surface area (Å²) in [7, 11) is 1.76. The number of rotatable bonds is 5. The first-order valence-electron chi connectivity index (χ1n) is 6.24. The van der Waals surface area contributed by atoms with E-state index in [9.17, 15) is 4.57 Å². The Balaban J connectivity index is 3.02. The lowest BCUT2D eigenvalue weighted by molar-refractivity contribution is -0.144. The molecule has 0 aliphatic carbocycles. The van der Waals surface area contributed by atoms with E-state index in [-0.39, 0.29) is 12.0 Å². The van der Waals surface area contributed by atoms with Crippen molar-refractivity contribution in [3.8, 4) is 0 Å². The van der Waals surface area contributed by atoms with Crippen LogP contribution in [0.3, 0.4) is 0 Å². The van der Waals surface area contributed by atoms with Gasteiger partial charge >= 0.3 is 7.60 Å². The van der Waals surface area contributed by atoms with Gasteiger partial charge in [-0.25, -0.2) is 0 Å². The van der Waals surface area contributed by atoms with Gasteiger partial charge in [0, 0.05) is 11.8 Å². The third-order valence-corrected chi connectivity index (χ3v) is 4.77. The Morgan fingerprint density at radius 2 is 2.21 bits per heavy atom. The molecular weight excluding hydrogens is 381 g/mol. The standard InChI is InChI=1S/C11H19BIO5P/c1-3-8-7-9(18-13)11(4-2,17-10(8)12)5-6-19(14,15)16/h5-6,8-10H,3-4,7H2,1-2H3,(H2,14,15,16)/b6-5+/t8-,9+,10?,11-/m1/s1. The van der Waals surface area contributed by atoms with Crippen LogP contribution in [0.1, 0.15) is 33.1 Å². The van der Waals surface area contributed by atoms with Gasteiger partial charge in [0.05, 0.1) is 0 Å². The highest BCUT2D eigenvalue weighted by atomic mass is 127. The Morgan fingerprint density at radius 3 is 2.63 bits per heavy atom. The molecule has 1 aliphatic rings. The minimum atomic E-state index is -4.23. The van der Waals surface area contributed by atoms with Crippen molar-refractivity contribution in [2.24, 2.45) is 5.92 Å².